The third kappa shape index (κ3) is 3.06. The van der Waals surface area contributed by atoms with E-state index >= 15 is 0 Å². The summed E-state index contributed by atoms with van der Waals surface area (Å²) in [6.07, 6.45) is 0. The predicted octanol–water partition coefficient (Wildman–Crippen LogP) is 4.39. The van der Waals surface area contributed by atoms with E-state index in [1.54, 1.807) is 6.07 Å². The largest absolute Gasteiger partial charge is 0.492 e. The van der Waals surface area contributed by atoms with Crippen molar-refractivity contribution in [2.24, 2.45) is 0 Å². The van der Waals surface area contributed by atoms with Gasteiger partial charge in [-0.25, -0.2) is 0 Å². The number of nitrogens with one attached hydrogen (secondary N) is 1. The van der Waals surface area contributed by atoms with Crippen LogP contribution >= 0.6 is 0 Å². The Bertz CT molecular complexity index is 1020. The van der Waals surface area contributed by atoms with Crippen molar-refractivity contribution in [3.63, 3.8) is 0 Å². The van der Waals surface area contributed by atoms with E-state index in [4.69, 9.17) is 9.15 Å². The molecular formula is C21H17NO3. The summed E-state index contributed by atoms with van der Waals surface area (Å²) in [7, 11) is 0. The number of rotatable bonds is 5. The Labute approximate surface area is 145 Å². The molecule has 3 aromatic carbocycles. The number of fused-ring (bicyclic) bond motifs is 3. The summed E-state index contributed by atoms with van der Waals surface area (Å²) in [6, 6.07) is 22.9. The van der Waals surface area contributed by atoms with Crippen molar-refractivity contribution in [1.29, 1.82) is 0 Å². The maximum absolute atomic E-state index is 12.5. The molecule has 0 atom stereocenters. The van der Waals surface area contributed by atoms with Crippen molar-refractivity contribution >= 4 is 27.8 Å². The van der Waals surface area contributed by atoms with E-state index in [-0.39, 0.29) is 5.91 Å². The fourth-order valence-electron chi connectivity index (χ4n) is 2.87. The first-order valence-corrected chi connectivity index (χ1v) is 8.19. The molecular weight excluding hydrogens is 314 g/mol. The monoisotopic (exact) mass is 331 g/mol. The molecule has 0 saturated carbocycles. The highest BCUT2D eigenvalue weighted by Gasteiger charge is 2.15. The minimum atomic E-state index is -0.165. The Kier molecular flexibility index (Phi) is 4.09. The maximum Gasteiger partial charge on any atom is 0.255 e. The average molecular weight is 331 g/mol. The van der Waals surface area contributed by atoms with Crippen molar-refractivity contribution in [2.45, 2.75) is 0 Å². The molecule has 0 bridgehead atoms. The van der Waals surface area contributed by atoms with Gasteiger partial charge in [0, 0.05) is 10.8 Å². The van der Waals surface area contributed by atoms with Crippen LogP contribution in [0, 0.1) is 0 Å². The van der Waals surface area contributed by atoms with Crippen LogP contribution in [0.25, 0.3) is 21.9 Å². The minimum Gasteiger partial charge on any atom is -0.492 e. The zero-order chi connectivity index (χ0) is 17.1. The van der Waals surface area contributed by atoms with Crippen molar-refractivity contribution in [3.05, 3.63) is 78.4 Å². The lowest BCUT2D eigenvalue weighted by Gasteiger charge is -2.08. The molecule has 1 N–H and O–H groups in total. The second-order valence-electron chi connectivity index (χ2n) is 5.70. The third-order valence-electron chi connectivity index (χ3n) is 4.05. The molecule has 0 spiro atoms. The van der Waals surface area contributed by atoms with Crippen LogP contribution in [-0.4, -0.2) is 19.1 Å². The van der Waals surface area contributed by atoms with E-state index in [2.05, 4.69) is 5.32 Å². The fourth-order valence-corrected chi connectivity index (χ4v) is 2.87. The molecule has 4 aromatic rings. The summed E-state index contributed by atoms with van der Waals surface area (Å²) in [5.74, 6) is 0.623. The molecule has 0 aliphatic rings. The topological polar surface area (TPSA) is 51.5 Å². The van der Waals surface area contributed by atoms with Gasteiger partial charge in [0.25, 0.3) is 5.91 Å². The van der Waals surface area contributed by atoms with Gasteiger partial charge in [0.1, 0.15) is 23.5 Å². The number of carbonyl (C=O) groups excluding carboxylic acids is 1. The van der Waals surface area contributed by atoms with E-state index in [0.29, 0.717) is 24.3 Å². The number of hydrogen-bond acceptors (Lipinski definition) is 3. The zero-order valence-electron chi connectivity index (χ0n) is 13.6. The Morgan fingerprint density at radius 1 is 0.880 bits per heavy atom. The van der Waals surface area contributed by atoms with E-state index in [0.717, 1.165) is 22.1 Å². The molecule has 4 nitrogen and oxygen atoms in total. The highest BCUT2D eigenvalue weighted by atomic mass is 16.5. The van der Waals surface area contributed by atoms with E-state index in [1.165, 1.54) is 0 Å². The average Bonchev–Trinajstić information content (AvgIpc) is 3.04. The lowest BCUT2D eigenvalue weighted by molar-refractivity contribution is 0.0948. The molecule has 1 heterocycles. The molecule has 0 aliphatic heterocycles. The van der Waals surface area contributed by atoms with Gasteiger partial charge in [-0.1, -0.05) is 48.5 Å². The van der Waals surface area contributed by atoms with Crippen LogP contribution in [0.5, 0.6) is 5.75 Å². The Hall–Kier alpha value is -3.27. The van der Waals surface area contributed by atoms with E-state index in [9.17, 15) is 4.79 Å². The van der Waals surface area contributed by atoms with Gasteiger partial charge in [0.05, 0.1) is 12.1 Å². The number of furan rings is 1. The molecule has 0 unspecified atom stereocenters. The first-order chi connectivity index (χ1) is 12.3. The molecule has 4 heteroatoms. The zero-order valence-corrected chi connectivity index (χ0v) is 13.6. The molecule has 1 aromatic heterocycles. The van der Waals surface area contributed by atoms with Crippen molar-refractivity contribution in [2.75, 3.05) is 13.2 Å². The van der Waals surface area contributed by atoms with Crippen molar-refractivity contribution in [3.8, 4) is 5.75 Å². The van der Waals surface area contributed by atoms with Crippen molar-refractivity contribution < 1.29 is 13.9 Å². The quantitative estimate of drug-likeness (QED) is 0.552. The number of para-hydroxylation sites is 3. The first kappa shape index (κ1) is 15.3. The van der Waals surface area contributed by atoms with Gasteiger partial charge >= 0.3 is 0 Å². The van der Waals surface area contributed by atoms with Gasteiger partial charge in [0.2, 0.25) is 0 Å². The van der Waals surface area contributed by atoms with Gasteiger partial charge < -0.3 is 14.5 Å². The number of hydrogen-bond donors (Lipinski definition) is 1. The lowest BCUT2D eigenvalue weighted by Crippen LogP contribution is -2.28. The highest BCUT2D eigenvalue weighted by molar-refractivity contribution is 6.13. The van der Waals surface area contributed by atoms with Crippen LogP contribution in [0.1, 0.15) is 10.4 Å². The summed E-state index contributed by atoms with van der Waals surface area (Å²) in [5, 5.41) is 4.84. The standard InChI is InChI=1S/C21H17NO3/c23-21(22-13-14-24-15-7-2-1-3-8-15)18-11-6-10-17-16-9-4-5-12-19(16)25-20(17)18/h1-12H,13-14H2,(H,22,23). The summed E-state index contributed by atoms with van der Waals surface area (Å²) in [5.41, 5.74) is 1.93. The van der Waals surface area contributed by atoms with Crippen LogP contribution in [-0.2, 0) is 0 Å². The highest BCUT2D eigenvalue weighted by Crippen LogP contribution is 2.30. The van der Waals surface area contributed by atoms with Crippen LogP contribution in [0.4, 0.5) is 0 Å². The van der Waals surface area contributed by atoms with Gasteiger partial charge in [0.15, 0.2) is 0 Å². The lowest BCUT2D eigenvalue weighted by atomic mass is 10.1. The van der Waals surface area contributed by atoms with E-state index < -0.39 is 0 Å². The van der Waals surface area contributed by atoms with Gasteiger partial charge in [-0.15, -0.1) is 0 Å². The fraction of sp³-hybridized carbons (Fsp3) is 0.0952. The molecule has 1 amide bonds. The predicted molar refractivity (Wildman–Crippen MR) is 98.0 cm³/mol. The normalized spacial score (nSPS) is 10.9. The molecule has 0 saturated heterocycles. The summed E-state index contributed by atoms with van der Waals surface area (Å²) >= 11 is 0. The molecule has 0 radical (unpaired) electrons. The molecule has 124 valence electrons. The summed E-state index contributed by atoms with van der Waals surface area (Å²) < 4.78 is 11.5. The molecule has 0 aliphatic carbocycles. The smallest absolute Gasteiger partial charge is 0.255 e. The molecule has 0 fully saturated rings. The van der Waals surface area contributed by atoms with Crippen LogP contribution in [0.2, 0.25) is 0 Å². The molecule has 25 heavy (non-hydrogen) atoms. The Morgan fingerprint density at radius 2 is 1.64 bits per heavy atom. The minimum absolute atomic E-state index is 0.165. The first-order valence-electron chi connectivity index (χ1n) is 8.19. The van der Waals surface area contributed by atoms with E-state index in [1.807, 2.05) is 66.7 Å². The number of amides is 1. The van der Waals surface area contributed by atoms with Gasteiger partial charge in [-0.05, 0) is 24.3 Å². The maximum atomic E-state index is 12.5. The second-order valence-corrected chi connectivity index (χ2v) is 5.70. The Morgan fingerprint density at radius 3 is 2.52 bits per heavy atom. The number of ether oxygens (including phenoxy) is 1. The number of carbonyl (C=O) groups is 1. The third-order valence-corrected chi connectivity index (χ3v) is 4.05. The van der Waals surface area contributed by atoms with Crippen LogP contribution < -0.4 is 10.1 Å². The Balaban J connectivity index is 1.48. The number of benzene rings is 3. The van der Waals surface area contributed by atoms with Gasteiger partial charge in [-0.3, -0.25) is 4.79 Å². The van der Waals surface area contributed by atoms with Crippen molar-refractivity contribution in [1.82, 2.24) is 5.32 Å². The SMILES string of the molecule is O=C(NCCOc1ccccc1)c1cccc2c1oc1ccccc12. The van der Waals surface area contributed by atoms with Gasteiger partial charge in [-0.2, -0.15) is 0 Å². The second kappa shape index (κ2) is 6.69. The summed E-state index contributed by atoms with van der Waals surface area (Å²) in [4.78, 5) is 12.5. The summed E-state index contributed by atoms with van der Waals surface area (Å²) in [6.45, 7) is 0.830. The van der Waals surface area contributed by atoms with Crippen LogP contribution in [0.3, 0.4) is 0 Å². The van der Waals surface area contributed by atoms with Crippen LogP contribution in [0.15, 0.2) is 77.2 Å². The molecule has 4 rings (SSSR count).